The second kappa shape index (κ2) is 5.97. The average Bonchev–Trinajstić information content (AvgIpc) is 2.41. The molecule has 0 aliphatic carbocycles. The first-order valence-corrected chi connectivity index (χ1v) is 6.58. The second-order valence-corrected chi connectivity index (χ2v) is 4.65. The van der Waals surface area contributed by atoms with E-state index in [9.17, 15) is 0 Å². The molecule has 4 nitrogen and oxygen atoms in total. The van der Waals surface area contributed by atoms with Crippen molar-refractivity contribution in [2.75, 3.05) is 6.61 Å². The van der Waals surface area contributed by atoms with Gasteiger partial charge in [-0.1, -0.05) is 18.5 Å². The van der Waals surface area contributed by atoms with Crippen LogP contribution in [0.15, 0.2) is 18.5 Å². The zero-order valence-corrected chi connectivity index (χ0v) is 12.0. The number of halogens is 1. The number of ether oxygens (including phenoxy) is 1. The molecule has 0 amide bonds. The average molecular weight is 278 g/mol. The molecule has 0 aliphatic heterocycles. The van der Waals surface area contributed by atoms with Gasteiger partial charge in [-0.3, -0.25) is 4.98 Å². The fraction of sp³-hybridized carbons (Fsp3) is 0.357. The van der Waals surface area contributed by atoms with E-state index in [2.05, 4.69) is 21.9 Å². The molecule has 19 heavy (non-hydrogen) atoms. The van der Waals surface area contributed by atoms with Crippen LogP contribution in [0.4, 0.5) is 0 Å². The van der Waals surface area contributed by atoms with Gasteiger partial charge < -0.3 is 4.74 Å². The number of aromatic nitrogens is 3. The van der Waals surface area contributed by atoms with Crippen molar-refractivity contribution in [2.45, 2.75) is 27.2 Å². The van der Waals surface area contributed by atoms with E-state index in [1.807, 2.05) is 19.9 Å². The molecular weight excluding hydrogens is 262 g/mol. The maximum absolute atomic E-state index is 6.09. The van der Waals surface area contributed by atoms with E-state index >= 15 is 0 Å². The summed E-state index contributed by atoms with van der Waals surface area (Å²) in [6, 6.07) is 1.92. The van der Waals surface area contributed by atoms with Crippen LogP contribution in [0.2, 0.25) is 5.15 Å². The summed E-state index contributed by atoms with van der Waals surface area (Å²) in [5.74, 6) is 1.39. The molecule has 0 aromatic carbocycles. The number of nitrogens with zero attached hydrogens (tertiary/aromatic N) is 3. The molecule has 0 spiro atoms. The highest BCUT2D eigenvalue weighted by Crippen LogP contribution is 2.27. The van der Waals surface area contributed by atoms with Crippen molar-refractivity contribution in [3.05, 3.63) is 35.0 Å². The Morgan fingerprint density at radius 3 is 2.74 bits per heavy atom. The topological polar surface area (TPSA) is 47.9 Å². The molecule has 5 heteroatoms. The van der Waals surface area contributed by atoms with Gasteiger partial charge in [0.15, 0.2) is 0 Å². The Morgan fingerprint density at radius 2 is 2.00 bits per heavy atom. The van der Waals surface area contributed by atoms with E-state index in [0.29, 0.717) is 17.6 Å². The Morgan fingerprint density at radius 1 is 1.21 bits per heavy atom. The minimum absolute atomic E-state index is 0.474. The van der Waals surface area contributed by atoms with Crippen molar-refractivity contribution in [2.24, 2.45) is 0 Å². The standard InChI is InChI=1S/C14H16ClN3O/c1-4-5-19-12-6-11(7-16-8-12)13-9(2)14(15)18-10(3)17-13/h6-8H,4-5H2,1-3H3. The monoisotopic (exact) mass is 277 g/mol. The molecule has 0 radical (unpaired) electrons. The Labute approximate surface area is 117 Å². The number of hydrogen-bond donors (Lipinski definition) is 0. The smallest absolute Gasteiger partial charge is 0.138 e. The summed E-state index contributed by atoms with van der Waals surface area (Å²) in [5, 5.41) is 0.474. The van der Waals surface area contributed by atoms with Crippen LogP contribution in [0.3, 0.4) is 0 Å². The summed E-state index contributed by atoms with van der Waals surface area (Å²) < 4.78 is 5.58. The van der Waals surface area contributed by atoms with E-state index in [1.54, 1.807) is 12.4 Å². The van der Waals surface area contributed by atoms with Crippen molar-refractivity contribution in [1.82, 2.24) is 15.0 Å². The van der Waals surface area contributed by atoms with Crippen molar-refractivity contribution in [3.63, 3.8) is 0 Å². The van der Waals surface area contributed by atoms with Gasteiger partial charge in [0.05, 0.1) is 18.5 Å². The van der Waals surface area contributed by atoms with Gasteiger partial charge in [-0.15, -0.1) is 0 Å². The van der Waals surface area contributed by atoms with E-state index in [0.717, 1.165) is 29.0 Å². The molecule has 0 bridgehead atoms. The molecule has 100 valence electrons. The minimum Gasteiger partial charge on any atom is -0.492 e. The number of aryl methyl sites for hydroxylation is 1. The first-order chi connectivity index (χ1) is 9.11. The Hall–Kier alpha value is -1.68. The second-order valence-electron chi connectivity index (χ2n) is 4.29. The van der Waals surface area contributed by atoms with Crippen molar-refractivity contribution in [3.8, 4) is 17.0 Å². The molecule has 2 rings (SSSR count). The quantitative estimate of drug-likeness (QED) is 0.801. The van der Waals surface area contributed by atoms with Crippen LogP contribution in [0.1, 0.15) is 24.7 Å². The van der Waals surface area contributed by atoms with Crippen LogP contribution in [0.25, 0.3) is 11.3 Å². The Bertz CT molecular complexity index is 587. The first kappa shape index (κ1) is 13.7. The summed E-state index contributed by atoms with van der Waals surface area (Å²) in [6.07, 6.45) is 4.41. The van der Waals surface area contributed by atoms with Crippen LogP contribution < -0.4 is 4.74 Å². The molecule has 0 saturated heterocycles. The van der Waals surface area contributed by atoms with Gasteiger partial charge in [-0.25, -0.2) is 9.97 Å². The van der Waals surface area contributed by atoms with Gasteiger partial charge in [0.2, 0.25) is 0 Å². The van der Waals surface area contributed by atoms with Gasteiger partial charge in [-0.2, -0.15) is 0 Å². The minimum atomic E-state index is 0.474. The van der Waals surface area contributed by atoms with Gasteiger partial charge >= 0.3 is 0 Å². The number of hydrogen-bond acceptors (Lipinski definition) is 4. The molecule has 0 atom stereocenters. The number of pyridine rings is 1. The highest BCUT2D eigenvalue weighted by atomic mass is 35.5. The summed E-state index contributed by atoms with van der Waals surface area (Å²) in [7, 11) is 0. The third-order valence-electron chi connectivity index (χ3n) is 2.66. The molecule has 2 aromatic heterocycles. The third kappa shape index (κ3) is 3.20. The van der Waals surface area contributed by atoms with Crippen LogP contribution >= 0.6 is 11.6 Å². The van der Waals surface area contributed by atoms with Gasteiger partial charge in [0.1, 0.15) is 16.7 Å². The third-order valence-corrected chi connectivity index (χ3v) is 3.03. The van der Waals surface area contributed by atoms with E-state index in [1.165, 1.54) is 0 Å². The summed E-state index contributed by atoms with van der Waals surface area (Å²) in [5.41, 5.74) is 2.53. The van der Waals surface area contributed by atoms with Crippen molar-refractivity contribution < 1.29 is 4.74 Å². The van der Waals surface area contributed by atoms with Crippen molar-refractivity contribution in [1.29, 1.82) is 0 Å². The van der Waals surface area contributed by atoms with Crippen molar-refractivity contribution >= 4 is 11.6 Å². The molecule has 2 heterocycles. The predicted molar refractivity (Wildman–Crippen MR) is 75.5 cm³/mol. The van der Waals surface area contributed by atoms with Crippen LogP contribution in [-0.2, 0) is 0 Å². The molecule has 2 aromatic rings. The fourth-order valence-corrected chi connectivity index (χ4v) is 1.93. The lowest BCUT2D eigenvalue weighted by Gasteiger charge is -2.09. The zero-order chi connectivity index (χ0) is 13.8. The molecular formula is C14H16ClN3O. The molecule has 0 N–H and O–H groups in total. The maximum Gasteiger partial charge on any atom is 0.138 e. The predicted octanol–water partition coefficient (Wildman–Crippen LogP) is 3.60. The largest absolute Gasteiger partial charge is 0.492 e. The Kier molecular flexibility index (Phi) is 4.32. The van der Waals surface area contributed by atoms with Gasteiger partial charge in [0, 0.05) is 17.3 Å². The Balaban J connectivity index is 2.41. The number of rotatable bonds is 4. The van der Waals surface area contributed by atoms with Crippen LogP contribution in [0, 0.1) is 13.8 Å². The van der Waals surface area contributed by atoms with Gasteiger partial charge in [-0.05, 0) is 26.3 Å². The van der Waals surface area contributed by atoms with Crippen LogP contribution in [-0.4, -0.2) is 21.6 Å². The highest BCUT2D eigenvalue weighted by molar-refractivity contribution is 6.30. The van der Waals surface area contributed by atoms with E-state index < -0.39 is 0 Å². The van der Waals surface area contributed by atoms with Crippen LogP contribution in [0.5, 0.6) is 5.75 Å². The lowest BCUT2D eigenvalue weighted by molar-refractivity contribution is 0.316. The molecule has 0 fully saturated rings. The SMILES string of the molecule is CCCOc1cncc(-c2nc(C)nc(Cl)c2C)c1. The normalized spacial score (nSPS) is 10.5. The highest BCUT2D eigenvalue weighted by Gasteiger charge is 2.10. The lowest BCUT2D eigenvalue weighted by Crippen LogP contribution is -1.99. The summed E-state index contributed by atoms with van der Waals surface area (Å²) >= 11 is 6.09. The van der Waals surface area contributed by atoms with Gasteiger partial charge in [0.25, 0.3) is 0 Å². The first-order valence-electron chi connectivity index (χ1n) is 6.20. The fourth-order valence-electron chi connectivity index (χ4n) is 1.72. The summed E-state index contributed by atoms with van der Waals surface area (Å²) in [4.78, 5) is 12.8. The summed E-state index contributed by atoms with van der Waals surface area (Å²) in [6.45, 7) is 6.46. The van der Waals surface area contributed by atoms with E-state index in [-0.39, 0.29) is 0 Å². The molecule has 0 unspecified atom stereocenters. The molecule has 0 aliphatic rings. The zero-order valence-electron chi connectivity index (χ0n) is 11.3. The lowest BCUT2D eigenvalue weighted by atomic mass is 10.1. The molecule has 0 saturated carbocycles. The van der Waals surface area contributed by atoms with E-state index in [4.69, 9.17) is 16.3 Å². The maximum atomic E-state index is 6.09.